The predicted octanol–water partition coefficient (Wildman–Crippen LogP) is 5.41. The van der Waals surface area contributed by atoms with Gasteiger partial charge in [0.15, 0.2) is 5.75 Å². The van der Waals surface area contributed by atoms with E-state index in [1.807, 2.05) is 0 Å². The van der Waals surface area contributed by atoms with Gasteiger partial charge in [-0.2, -0.15) is 0 Å². The summed E-state index contributed by atoms with van der Waals surface area (Å²) in [6, 6.07) is 2.96. The van der Waals surface area contributed by atoms with Crippen LogP contribution in [0.1, 0.15) is 40.0 Å². The molecule has 1 atom stereocenters. The summed E-state index contributed by atoms with van der Waals surface area (Å²) in [6.45, 7) is 6.18. The van der Waals surface area contributed by atoms with Gasteiger partial charge in [-0.3, -0.25) is 4.79 Å². The second kappa shape index (κ2) is 8.30. The number of carbonyl (C=O) groups excluding carboxylic acids is 1. The summed E-state index contributed by atoms with van der Waals surface area (Å²) in [6.07, 6.45) is 4.56. The molecule has 21 heavy (non-hydrogen) atoms. The van der Waals surface area contributed by atoms with E-state index in [1.54, 1.807) is 0 Å². The van der Waals surface area contributed by atoms with Gasteiger partial charge in [0.1, 0.15) is 0 Å². The summed E-state index contributed by atoms with van der Waals surface area (Å²) in [4.78, 5) is 12.0. The van der Waals surface area contributed by atoms with Gasteiger partial charge in [0.2, 0.25) is 5.91 Å². The zero-order valence-corrected chi connectivity index (χ0v) is 14.1. The average Bonchev–Trinajstić information content (AvgIpc) is 2.35. The lowest BCUT2D eigenvalue weighted by Crippen LogP contribution is -2.15. The SMILES string of the molecule is CC(C)=CCCC(C)CC(=O)Nc1cc(Cl)c(O)c(Cl)c1. The molecule has 0 saturated heterocycles. The Morgan fingerprint density at radius 1 is 1.33 bits per heavy atom. The number of hydrogen-bond donors (Lipinski definition) is 2. The topological polar surface area (TPSA) is 49.3 Å². The van der Waals surface area contributed by atoms with E-state index in [1.165, 1.54) is 17.7 Å². The van der Waals surface area contributed by atoms with Crippen molar-refractivity contribution in [3.8, 4) is 5.75 Å². The van der Waals surface area contributed by atoms with Gasteiger partial charge in [-0.15, -0.1) is 0 Å². The van der Waals surface area contributed by atoms with E-state index in [-0.39, 0.29) is 21.7 Å². The quantitative estimate of drug-likeness (QED) is 0.541. The van der Waals surface area contributed by atoms with Crippen LogP contribution in [0.4, 0.5) is 5.69 Å². The van der Waals surface area contributed by atoms with Gasteiger partial charge < -0.3 is 10.4 Å². The molecule has 0 aliphatic heterocycles. The molecule has 0 aliphatic rings. The standard InChI is InChI=1S/C16H21Cl2NO2/c1-10(2)5-4-6-11(3)7-15(20)19-12-8-13(17)16(21)14(18)9-12/h5,8-9,11,21H,4,6-7H2,1-3H3,(H,19,20). The Balaban J connectivity index is 2.52. The summed E-state index contributed by atoms with van der Waals surface area (Å²) in [5.74, 6) is 0.0348. The largest absolute Gasteiger partial charge is 0.505 e. The first-order valence-electron chi connectivity index (χ1n) is 6.90. The van der Waals surface area contributed by atoms with Crippen molar-refractivity contribution in [3.63, 3.8) is 0 Å². The monoisotopic (exact) mass is 329 g/mol. The molecule has 0 heterocycles. The number of anilines is 1. The lowest BCUT2D eigenvalue weighted by Gasteiger charge is -2.11. The summed E-state index contributed by atoms with van der Waals surface area (Å²) in [7, 11) is 0. The van der Waals surface area contributed by atoms with E-state index < -0.39 is 0 Å². The number of amides is 1. The fraction of sp³-hybridized carbons (Fsp3) is 0.438. The number of phenolic OH excluding ortho intramolecular Hbond substituents is 1. The highest BCUT2D eigenvalue weighted by Gasteiger charge is 2.11. The Hall–Kier alpha value is -1.19. The van der Waals surface area contributed by atoms with Crippen LogP contribution in [0.25, 0.3) is 0 Å². The molecule has 5 heteroatoms. The number of rotatable bonds is 6. The Bertz CT molecular complexity index is 514. The predicted molar refractivity (Wildman–Crippen MR) is 89.2 cm³/mol. The van der Waals surface area contributed by atoms with Crippen molar-refractivity contribution in [1.29, 1.82) is 0 Å². The Morgan fingerprint density at radius 3 is 2.43 bits per heavy atom. The number of allylic oxidation sites excluding steroid dienone is 2. The number of hydrogen-bond acceptors (Lipinski definition) is 2. The van der Waals surface area contributed by atoms with Crippen LogP contribution in [0.3, 0.4) is 0 Å². The van der Waals surface area contributed by atoms with Crippen LogP contribution >= 0.6 is 23.2 Å². The van der Waals surface area contributed by atoms with Gasteiger partial charge in [0.25, 0.3) is 0 Å². The van der Waals surface area contributed by atoms with Gasteiger partial charge >= 0.3 is 0 Å². The maximum atomic E-state index is 12.0. The van der Waals surface area contributed by atoms with Gasteiger partial charge in [0, 0.05) is 12.1 Å². The maximum absolute atomic E-state index is 12.0. The third-order valence-electron chi connectivity index (χ3n) is 3.05. The van der Waals surface area contributed by atoms with Crippen molar-refractivity contribution in [2.45, 2.75) is 40.0 Å². The first-order chi connectivity index (χ1) is 9.79. The van der Waals surface area contributed by atoms with E-state index in [0.29, 0.717) is 18.0 Å². The minimum atomic E-state index is -0.175. The molecule has 0 bridgehead atoms. The van der Waals surface area contributed by atoms with Crippen molar-refractivity contribution in [1.82, 2.24) is 0 Å². The fourth-order valence-electron chi connectivity index (χ4n) is 1.92. The van der Waals surface area contributed by atoms with Crippen molar-refractivity contribution < 1.29 is 9.90 Å². The number of phenols is 1. The van der Waals surface area contributed by atoms with Crippen molar-refractivity contribution in [3.05, 3.63) is 33.8 Å². The molecule has 1 aromatic carbocycles. The normalized spacial score (nSPS) is 11.9. The number of halogens is 2. The van der Waals surface area contributed by atoms with Crippen LogP contribution in [0.2, 0.25) is 10.0 Å². The molecule has 0 aliphatic carbocycles. The van der Waals surface area contributed by atoms with Gasteiger partial charge in [-0.05, 0) is 44.7 Å². The van der Waals surface area contributed by atoms with Gasteiger partial charge in [-0.1, -0.05) is 41.8 Å². The van der Waals surface area contributed by atoms with Crippen LogP contribution in [-0.2, 0) is 4.79 Å². The summed E-state index contributed by atoms with van der Waals surface area (Å²) in [5.41, 5.74) is 1.78. The molecular weight excluding hydrogens is 309 g/mol. The lowest BCUT2D eigenvalue weighted by molar-refractivity contribution is -0.117. The summed E-state index contributed by atoms with van der Waals surface area (Å²) >= 11 is 11.6. The van der Waals surface area contributed by atoms with Crippen LogP contribution < -0.4 is 5.32 Å². The molecule has 2 N–H and O–H groups in total. The Morgan fingerprint density at radius 2 is 1.90 bits per heavy atom. The second-order valence-corrected chi connectivity index (χ2v) is 6.32. The van der Waals surface area contributed by atoms with Crippen molar-refractivity contribution >= 4 is 34.8 Å². The summed E-state index contributed by atoms with van der Waals surface area (Å²) in [5, 5.41) is 12.5. The number of aromatic hydroxyl groups is 1. The highest BCUT2D eigenvalue weighted by atomic mass is 35.5. The first kappa shape index (κ1) is 17.9. The molecule has 1 amide bonds. The minimum Gasteiger partial charge on any atom is -0.505 e. The molecule has 1 unspecified atom stereocenters. The van der Waals surface area contributed by atoms with Crippen LogP contribution in [0, 0.1) is 5.92 Å². The Labute approximate surface area is 136 Å². The second-order valence-electron chi connectivity index (χ2n) is 5.50. The van der Waals surface area contributed by atoms with Crippen LogP contribution in [0.15, 0.2) is 23.8 Å². The van der Waals surface area contributed by atoms with E-state index in [2.05, 4.69) is 32.2 Å². The Kier molecular flexibility index (Phi) is 7.06. The molecule has 3 nitrogen and oxygen atoms in total. The summed E-state index contributed by atoms with van der Waals surface area (Å²) < 4.78 is 0. The smallest absolute Gasteiger partial charge is 0.224 e. The molecular formula is C16H21Cl2NO2. The molecule has 1 aromatic rings. The average molecular weight is 330 g/mol. The zero-order valence-electron chi connectivity index (χ0n) is 12.5. The van der Waals surface area contributed by atoms with E-state index >= 15 is 0 Å². The minimum absolute atomic E-state index is 0.0856. The molecule has 1 rings (SSSR count). The lowest BCUT2D eigenvalue weighted by atomic mass is 10.0. The third kappa shape index (κ3) is 6.40. The highest BCUT2D eigenvalue weighted by molar-refractivity contribution is 6.37. The number of benzene rings is 1. The van der Waals surface area contributed by atoms with Crippen LogP contribution in [-0.4, -0.2) is 11.0 Å². The number of nitrogens with one attached hydrogen (secondary N) is 1. The van der Waals surface area contributed by atoms with Crippen molar-refractivity contribution in [2.75, 3.05) is 5.32 Å². The van der Waals surface area contributed by atoms with E-state index in [0.717, 1.165) is 12.8 Å². The molecule has 116 valence electrons. The zero-order chi connectivity index (χ0) is 16.0. The first-order valence-corrected chi connectivity index (χ1v) is 7.66. The van der Waals surface area contributed by atoms with Gasteiger partial charge in [-0.25, -0.2) is 0 Å². The molecule has 0 fully saturated rings. The van der Waals surface area contributed by atoms with E-state index in [4.69, 9.17) is 23.2 Å². The third-order valence-corrected chi connectivity index (χ3v) is 3.62. The molecule has 0 spiro atoms. The fourth-order valence-corrected chi connectivity index (χ4v) is 2.41. The molecule has 0 saturated carbocycles. The molecule has 0 radical (unpaired) electrons. The van der Waals surface area contributed by atoms with Crippen molar-refractivity contribution in [2.24, 2.45) is 5.92 Å². The van der Waals surface area contributed by atoms with Crippen LogP contribution in [0.5, 0.6) is 5.75 Å². The van der Waals surface area contributed by atoms with E-state index in [9.17, 15) is 9.90 Å². The number of carbonyl (C=O) groups is 1. The van der Waals surface area contributed by atoms with Gasteiger partial charge in [0.05, 0.1) is 10.0 Å². The maximum Gasteiger partial charge on any atom is 0.224 e. The highest BCUT2D eigenvalue weighted by Crippen LogP contribution is 2.34. The molecule has 0 aromatic heterocycles.